The van der Waals surface area contributed by atoms with Crippen molar-refractivity contribution in [2.24, 2.45) is 0 Å². The highest BCUT2D eigenvalue weighted by Crippen LogP contribution is 2.51. The molecule has 0 bridgehead atoms. The van der Waals surface area contributed by atoms with Crippen LogP contribution in [0, 0.1) is 0 Å². The second-order valence-electron chi connectivity index (χ2n) is 14.4. The molecule has 0 radical (unpaired) electrons. The van der Waals surface area contributed by atoms with E-state index in [1.807, 2.05) is 0 Å². The lowest BCUT2D eigenvalue weighted by molar-refractivity contribution is -0.245. The van der Waals surface area contributed by atoms with Crippen LogP contribution >= 0.6 is 65.2 Å². The summed E-state index contributed by atoms with van der Waals surface area (Å²) in [5.74, 6) is 0. The molecule has 424 valence electrons. The van der Waals surface area contributed by atoms with E-state index in [0.717, 1.165) is 0 Å². The van der Waals surface area contributed by atoms with Crippen LogP contribution in [-0.4, -0.2) is 215 Å². The standard InChI is InChI=1S/C28H62O35P8/c1-15(13-47-3)50-9-11-54-18-21(56-64(29)30)17(22(57-65(31)32)19(23(18)58-66(33)34)55-12-10-51-16(2)14-48-4)52-7-5-49-6-8-53-20-24(59-67(35)36)25(60-68(37)38)26(61-69(39)40)28(63-71(44,45)46)27(20)62-70(41,42)43/h15-28,64-69H,5-14H2,1-4H3,(H,29,30)(H,31,32)(H,33,34)(H,35,36)(H,37,38)(H,39,40)(H2,41,42,43)(H2,44,45,46)/t15-,16-,17-,18-,19+,20-,21+,22-,23+,24+,25-,26+,27-,28-/m0/s1. The molecule has 0 aromatic carbocycles. The summed E-state index contributed by atoms with van der Waals surface area (Å²) in [6.45, 7) is 0.0787. The largest absolute Gasteiger partial charge is 0.470 e. The predicted octanol–water partition coefficient (Wildman–Crippen LogP) is -1.77. The van der Waals surface area contributed by atoms with Gasteiger partial charge in [0.1, 0.15) is 73.2 Å². The maximum absolute atomic E-state index is 12.3. The summed E-state index contributed by atoms with van der Waals surface area (Å²) in [6.07, 6.45) is -26.3. The SMILES string of the molecule is COC[C@H](C)OCCO[C@@H]1[C@@H](O[PH](=O)O)[C@H](OCCO[C@@H](C)COC)[C@@H](O[PH](=O)O)[C@@H](OCCOCCO[C@H]2[C@@H](O[PH](=O)O)[C@H](O[PH](=O)O)[C@@H](O[PH](=O)O)[C@H](OP(=O)(O)O)[C@H]2OP(=O)(O)O)[C@H]1O[PH](=O)O. The second kappa shape index (κ2) is 34.6. The van der Waals surface area contributed by atoms with Crippen molar-refractivity contribution in [3.05, 3.63) is 0 Å². The summed E-state index contributed by atoms with van der Waals surface area (Å²) < 4.78 is 186. The van der Waals surface area contributed by atoms with Gasteiger partial charge >= 0.3 is 65.2 Å². The predicted molar refractivity (Wildman–Crippen MR) is 235 cm³/mol. The minimum absolute atomic E-state index is 0.157. The van der Waals surface area contributed by atoms with Gasteiger partial charge in [0, 0.05) is 14.2 Å². The molecule has 35 nitrogen and oxygen atoms in total. The van der Waals surface area contributed by atoms with E-state index in [1.165, 1.54) is 14.2 Å². The summed E-state index contributed by atoms with van der Waals surface area (Å²) >= 11 is 0. The van der Waals surface area contributed by atoms with E-state index in [0.29, 0.717) is 0 Å². The zero-order chi connectivity index (χ0) is 53.6. The molecule has 0 spiro atoms. The van der Waals surface area contributed by atoms with E-state index in [1.54, 1.807) is 13.8 Å². The molecule has 0 saturated heterocycles. The second-order valence-corrected chi connectivity index (χ2v) is 21.4. The van der Waals surface area contributed by atoms with Crippen LogP contribution in [0.2, 0.25) is 0 Å². The summed E-state index contributed by atoms with van der Waals surface area (Å²) in [7, 11) is -33.5. The minimum atomic E-state index is -5.83. The molecule has 0 aromatic heterocycles. The van der Waals surface area contributed by atoms with Gasteiger partial charge in [-0.1, -0.05) is 0 Å². The van der Waals surface area contributed by atoms with Crippen molar-refractivity contribution in [3.63, 3.8) is 0 Å². The van der Waals surface area contributed by atoms with Crippen LogP contribution in [-0.2, 0) is 115 Å². The first kappa shape index (κ1) is 67.9. The fourth-order valence-corrected chi connectivity index (χ4v) is 11.2. The van der Waals surface area contributed by atoms with Crippen molar-refractivity contribution in [2.75, 3.05) is 80.3 Å². The Morgan fingerprint density at radius 1 is 0.380 bits per heavy atom. The number of methoxy groups -OCH3 is 2. The van der Waals surface area contributed by atoms with Crippen molar-refractivity contribution in [1.29, 1.82) is 0 Å². The molecule has 0 aromatic rings. The van der Waals surface area contributed by atoms with Crippen molar-refractivity contribution in [2.45, 2.75) is 99.3 Å². The average Bonchev–Trinajstić information content (AvgIpc) is 3.22. The van der Waals surface area contributed by atoms with E-state index in [9.17, 15) is 85.5 Å². The number of hydrogen-bond donors (Lipinski definition) is 10. The molecule has 6 unspecified atom stereocenters. The minimum Gasteiger partial charge on any atom is -0.382 e. The fourth-order valence-electron chi connectivity index (χ4n) is 7.08. The van der Waals surface area contributed by atoms with Crippen molar-refractivity contribution in [1.82, 2.24) is 0 Å². The monoisotopic (exact) mass is 1210 g/mol. The maximum atomic E-state index is 12.3. The third kappa shape index (κ3) is 26.3. The number of rotatable bonds is 38. The zero-order valence-electron chi connectivity index (χ0n) is 37.7. The third-order valence-electron chi connectivity index (χ3n) is 9.30. The van der Waals surface area contributed by atoms with E-state index in [2.05, 4.69) is 9.05 Å². The molecule has 43 heteroatoms. The molecule has 2 fully saturated rings. The molecule has 20 atom stereocenters. The average molecular weight is 1210 g/mol. The Kier molecular flexibility index (Phi) is 33.1. The van der Waals surface area contributed by atoms with Crippen LogP contribution in [0.3, 0.4) is 0 Å². The normalized spacial score (nSPS) is 31.1. The smallest absolute Gasteiger partial charge is 0.382 e. The Hall–Kier alpha value is 0.760. The van der Waals surface area contributed by atoms with E-state index in [-0.39, 0.29) is 39.6 Å². The Labute approximate surface area is 408 Å². The van der Waals surface area contributed by atoms with E-state index < -0.39 is 177 Å². The van der Waals surface area contributed by atoms with E-state index >= 15 is 0 Å². The Morgan fingerprint density at radius 2 is 0.606 bits per heavy atom. The topological polar surface area (TPSA) is 496 Å². The third-order valence-corrected chi connectivity index (χ3v) is 13.2. The lowest BCUT2D eigenvalue weighted by Crippen LogP contribution is -2.67. The first-order chi connectivity index (χ1) is 33.2. The molecule has 10 N–H and O–H groups in total. The summed E-state index contributed by atoms with van der Waals surface area (Å²) in [6, 6.07) is 0. The van der Waals surface area contributed by atoms with Gasteiger partial charge in [-0.05, 0) is 13.8 Å². The van der Waals surface area contributed by atoms with Gasteiger partial charge in [0.05, 0.1) is 78.3 Å². The lowest BCUT2D eigenvalue weighted by Gasteiger charge is -2.48. The van der Waals surface area contributed by atoms with Gasteiger partial charge in [-0.3, -0.25) is 36.4 Å². The summed E-state index contributed by atoms with van der Waals surface area (Å²) in [5, 5.41) is 0. The Bertz CT molecular complexity index is 1740. The van der Waals surface area contributed by atoms with Crippen LogP contribution in [0.1, 0.15) is 13.8 Å². The highest BCUT2D eigenvalue weighted by atomic mass is 31.2. The van der Waals surface area contributed by atoms with Crippen LogP contribution in [0.15, 0.2) is 0 Å². The molecule has 2 aliphatic rings. The van der Waals surface area contributed by atoms with Gasteiger partial charge in [0.2, 0.25) is 0 Å². The van der Waals surface area contributed by atoms with Gasteiger partial charge in [0.15, 0.2) is 0 Å². The van der Waals surface area contributed by atoms with Gasteiger partial charge in [-0.15, -0.1) is 0 Å². The number of phosphoric acid groups is 2. The first-order valence-corrected chi connectivity index (χ1v) is 30.9. The highest BCUT2D eigenvalue weighted by Gasteiger charge is 2.60. The summed E-state index contributed by atoms with van der Waals surface area (Å²) in [5.41, 5.74) is 0. The molecule has 0 aliphatic heterocycles. The van der Waals surface area contributed by atoms with Crippen molar-refractivity contribution in [3.8, 4) is 0 Å². The number of phosphoric ester groups is 2. The Morgan fingerprint density at radius 3 is 0.873 bits per heavy atom. The molecule has 71 heavy (non-hydrogen) atoms. The molecular formula is C28H62O35P8. The summed E-state index contributed by atoms with van der Waals surface area (Å²) in [4.78, 5) is 97.6. The molecular weight excluding hydrogens is 1140 g/mol. The van der Waals surface area contributed by atoms with Crippen molar-refractivity contribution < 1.29 is 164 Å². The highest BCUT2D eigenvalue weighted by molar-refractivity contribution is 7.46. The van der Waals surface area contributed by atoms with Gasteiger partial charge < -0.3 is 119 Å². The quantitative estimate of drug-likeness (QED) is 0.0242. The van der Waals surface area contributed by atoms with Crippen LogP contribution in [0.25, 0.3) is 0 Å². The van der Waals surface area contributed by atoms with Gasteiger partial charge in [-0.25, -0.2) is 9.13 Å². The van der Waals surface area contributed by atoms with E-state index in [4.69, 9.17) is 69.8 Å². The maximum Gasteiger partial charge on any atom is 0.470 e. The van der Waals surface area contributed by atoms with Crippen LogP contribution in [0.5, 0.6) is 0 Å². The van der Waals surface area contributed by atoms with Crippen LogP contribution in [0.4, 0.5) is 0 Å². The number of ether oxygens (including phenoxy) is 9. The first-order valence-electron chi connectivity index (χ1n) is 20.3. The zero-order valence-corrected chi connectivity index (χ0v) is 45.5. The molecule has 2 aliphatic carbocycles. The number of hydrogen-bond acceptors (Lipinski definition) is 25. The molecule has 2 saturated carbocycles. The van der Waals surface area contributed by atoms with Gasteiger partial charge in [-0.2, -0.15) is 0 Å². The van der Waals surface area contributed by atoms with Gasteiger partial charge in [0.25, 0.3) is 0 Å². The lowest BCUT2D eigenvalue weighted by atomic mass is 9.84. The Balaban J connectivity index is 2.50. The van der Waals surface area contributed by atoms with Crippen LogP contribution < -0.4 is 0 Å². The molecule has 2 rings (SSSR count). The fraction of sp³-hybridized carbons (Fsp3) is 1.00. The molecule has 0 heterocycles. The molecule has 0 amide bonds. The van der Waals surface area contributed by atoms with Crippen molar-refractivity contribution >= 4 is 65.2 Å².